The third-order valence-electron chi connectivity index (χ3n) is 1.33. The molecule has 1 N–H and O–H groups in total. The quantitative estimate of drug-likeness (QED) is 0.265. The van der Waals surface area contributed by atoms with E-state index in [1.54, 1.807) is 0 Å². The Morgan fingerprint density at radius 1 is 1.42 bits per heavy atom. The molecule has 0 atom stereocenters. The summed E-state index contributed by atoms with van der Waals surface area (Å²) in [5.74, 6) is 5.23. The van der Waals surface area contributed by atoms with E-state index in [1.807, 2.05) is 31.2 Å². The summed E-state index contributed by atoms with van der Waals surface area (Å²) in [7, 11) is 0. The van der Waals surface area contributed by atoms with Gasteiger partial charge < -0.3 is 5.21 Å². The first kappa shape index (κ1) is 8.35. The van der Waals surface area contributed by atoms with Gasteiger partial charge in [0.2, 0.25) is 0 Å². The number of hydrogen-bond acceptors (Lipinski definition) is 2. The van der Waals surface area contributed by atoms with Crippen LogP contribution in [-0.2, 0) is 0 Å². The molecule has 0 unspecified atom stereocenters. The number of aryl methyl sites for hydroxylation is 1. The standard InChI is InChI=1S/C10H8NO/c1-9-4-2-5-10(8-9)6-3-7-11-12/h2,4-5,8,12H,1H3. The van der Waals surface area contributed by atoms with E-state index >= 15 is 0 Å². The minimum atomic E-state index is 0.895. The van der Waals surface area contributed by atoms with Crippen molar-refractivity contribution >= 4 is 6.21 Å². The van der Waals surface area contributed by atoms with E-state index in [0.29, 0.717) is 0 Å². The summed E-state index contributed by atoms with van der Waals surface area (Å²) in [5, 5.41) is 10.7. The Bertz CT molecular complexity index is 344. The van der Waals surface area contributed by atoms with Crippen molar-refractivity contribution in [2.24, 2.45) is 5.16 Å². The Morgan fingerprint density at radius 2 is 2.25 bits per heavy atom. The van der Waals surface area contributed by atoms with E-state index in [1.165, 1.54) is 0 Å². The zero-order valence-electron chi connectivity index (χ0n) is 6.70. The maximum atomic E-state index is 8.01. The molecule has 0 aliphatic heterocycles. The van der Waals surface area contributed by atoms with Crippen LogP contribution in [0.2, 0.25) is 0 Å². The largest absolute Gasteiger partial charge is 0.410 e. The summed E-state index contributed by atoms with van der Waals surface area (Å²) in [6.45, 7) is 2.00. The van der Waals surface area contributed by atoms with E-state index in [0.717, 1.165) is 11.1 Å². The normalized spacial score (nSPS) is 9.42. The number of benzene rings is 1. The van der Waals surface area contributed by atoms with Gasteiger partial charge in [0, 0.05) is 5.56 Å². The Morgan fingerprint density at radius 3 is 2.92 bits per heavy atom. The molecule has 1 aromatic rings. The SMILES string of the molecule is Cc1cccc(C#C/[C]=N\O)c1. The van der Waals surface area contributed by atoms with Gasteiger partial charge in [-0.25, -0.2) is 0 Å². The molecule has 0 bridgehead atoms. The molecule has 2 heteroatoms. The first-order valence-electron chi connectivity index (χ1n) is 3.49. The highest BCUT2D eigenvalue weighted by Crippen LogP contribution is 2.01. The zero-order valence-corrected chi connectivity index (χ0v) is 6.70. The molecule has 1 rings (SSSR count). The Labute approximate surface area is 71.5 Å². The van der Waals surface area contributed by atoms with Gasteiger partial charge in [-0.05, 0) is 30.5 Å². The molecule has 0 spiro atoms. The van der Waals surface area contributed by atoms with Crippen LogP contribution in [0.3, 0.4) is 0 Å². The average molecular weight is 158 g/mol. The van der Waals surface area contributed by atoms with Crippen molar-refractivity contribution in [3.63, 3.8) is 0 Å². The fourth-order valence-corrected chi connectivity index (χ4v) is 0.848. The highest BCUT2D eigenvalue weighted by molar-refractivity contribution is 5.78. The third kappa shape index (κ3) is 2.47. The monoisotopic (exact) mass is 158 g/mol. The number of nitrogens with zero attached hydrogens (tertiary/aromatic N) is 1. The minimum absolute atomic E-state index is 0.895. The molecule has 0 fully saturated rings. The van der Waals surface area contributed by atoms with Crippen LogP contribution in [0.15, 0.2) is 29.4 Å². The van der Waals surface area contributed by atoms with Crippen molar-refractivity contribution in [3.8, 4) is 11.8 Å². The average Bonchev–Trinajstić information content (AvgIpc) is 2.05. The van der Waals surface area contributed by atoms with Gasteiger partial charge in [0.05, 0.1) is 0 Å². The van der Waals surface area contributed by atoms with Crippen LogP contribution in [0, 0.1) is 18.8 Å². The molecule has 0 saturated heterocycles. The molecule has 0 aliphatic carbocycles. The lowest BCUT2D eigenvalue weighted by Gasteiger charge is -1.90. The predicted octanol–water partition coefficient (Wildman–Crippen LogP) is 1.68. The minimum Gasteiger partial charge on any atom is -0.410 e. The summed E-state index contributed by atoms with van der Waals surface area (Å²) in [4.78, 5) is 0. The molecule has 0 heterocycles. The van der Waals surface area contributed by atoms with Gasteiger partial charge in [0.1, 0.15) is 0 Å². The van der Waals surface area contributed by atoms with Crippen molar-refractivity contribution in [1.82, 2.24) is 0 Å². The Balaban J connectivity index is 2.85. The van der Waals surface area contributed by atoms with Crippen molar-refractivity contribution < 1.29 is 5.21 Å². The summed E-state index contributed by atoms with van der Waals surface area (Å²) in [6.07, 6.45) is 2.14. The van der Waals surface area contributed by atoms with Crippen LogP contribution in [0.5, 0.6) is 0 Å². The third-order valence-corrected chi connectivity index (χ3v) is 1.33. The molecule has 2 nitrogen and oxygen atoms in total. The molecular weight excluding hydrogens is 150 g/mol. The molecular formula is C10H8NO. The van der Waals surface area contributed by atoms with E-state index in [9.17, 15) is 0 Å². The van der Waals surface area contributed by atoms with Crippen molar-refractivity contribution in [2.75, 3.05) is 0 Å². The van der Waals surface area contributed by atoms with Crippen molar-refractivity contribution in [1.29, 1.82) is 0 Å². The molecule has 59 valence electrons. The van der Waals surface area contributed by atoms with Gasteiger partial charge in [0.15, 0.2) is 6.21 Å². The second-order valence-corrected chi connectivity index (χ2v) is 2.33. The van der Waals surface area contributed by atoms with Gasteiger partial charge in [0.25, 0.3) is 0 Å². The molecule has 0 aromatic heterocycles. The summed E-state index contributed by atoms with van der Waals surface area (Å²) in [5.41, 5.74) is 2.05. The van der Waals surface area contributed by atoms with Gasteiger partial charge in [-0.2, -0.15) is 0 Å². The second kappa shape index (κ2) is 4.20. The van der Waals surface area contributed by atoms with Crippen LogP contribution in [0.1, 0.15) is 11.1 Å². The van der Waals surface area contributed by atoms with E-state index in [4.69, 9.17) is 5.21 Å². The smallest absolute Gasteiger partial charge is 0.190 e. The Hall–Kier alpha value is -1.75. The zero-order chi connectivity index (χ0) is 8.81. The van der Waals surface area contributed by atoms with Gasteiger partial charge >= 0.3 is 0 Å². The summed E-state index contributed by atoms with van der Waals surface area (Å²) in [6, 6.07) is 7.76. The van der Waals surface area contributed by atoms with Gasteiger partial charge in [-0.15, -0.1) is 0 Å². The maximum Gasteiger partial charge on any atom is 0.190 e. The topological polar surface area (TPSA) is 32.6 Å². The second-order valence-electron chi connectivity index (χ2n) is 2.33. The fraction of sp³-hybridized carbons (Fsp3) is 0.100. The molecule has 0 aliphatic rings. The lowest BCUT2D eigenvalue weighted by molar-refractivity contribution is 0.322. The van der Waals surface area contributed by atoms with Crippen LogP contribution in [0.4, 0.5) is 0 Å². The number of hydrogen-bond donors (Lipinski definition) is 1. The van der Waals surface area contributed by atoms with E-state index in [-0.39, 0.29) is 0 Å². The molecule has 0 amide bonds. The van der Waals surface area contributed by atoms with Crippen LogP contribution in [-0.4, -0.2) is 11.4 Å². The lowest BCUT2D eigenvalue weighted by Crippen LogP contribution is -1.76. The van der Waals surface area contributed by atoms with Crippen molar-refractivity contribution in [3.05, 3.63) is 35.4 Å². The van der Waals surface area contributed by atoms with Crippen LogP contribution < -0.4 is 0 Å². The summed E-state index contributed by atoms with van der Waals surface area (Å²) < 4.78 is 0. The van der Waals surface area contributed by atoms with Crippen molar-refractivity contribution in [2.45, 2.75) is 6.92 Å². The molecule has 12 heavy (non-hydrogen) atoms. The Kier molecular flexibility index (Phi) is 2.92. The van der Waals surface area contributed by atoms with Gasteiger partial charge in [-0.1, -0.05) is 23.2 Å². The highest BCUT2D eigenvalue weighted by atomic mass is 16.4. The number of rotatable bonds is 0. The first-order chi connectivity index (χ1) is 5.83. The highest BCUT2D eigenvalue weighted by Gasteiger charge is 1.85. The molecule has 1 aromatic carbocycles. The first-order valence-corrected chi connectivity index (χ1v) is 3.49. The molecule has 1 radical (unpaired) electrons. The fourth-order valence-electron chi connectivity index (χ4n) is 0.848. The van der Waals surface area contributed by atoms with Crippen LogP contribution in [0.25, 0.3) is 0 Å². The maximum absolute atomic E-state index is 8.01. The predicted molar refractivity (Wildman–Crippen MR) is 47.3 cm³/mol. The lowest BCUT2D eigenvalue weighted by atomic mass is 10.1. The molecule has 0 saturated carbocycles. The van der Waals surface area contributed by atoms with Gasteiger partial charge in [-0.3, -0.25) is 0 Å². The van der Waals surface area contributed by atoms with Crippen LogP contribution >= 0.6 is 0 Å². The van der Waals surface area contributed by atoms with E-state index in [2.05, 4.69) is 23.2 Å². The van der Waals surface area contributed by atoms with E-state index < -0.39 is 0 Å². The summed E-state index contributed by atoms with van der Waals surface area (Å²) >= 11 is 0.